The van der Waals surface area contributed by atoms with Gasteiger partial charge in [-0.1, -0.05) is 18.2 Å². The molecule has 30 heavy (non-hydrogen) atoms. The average Bonchev–Trinajstić information content (AvgIpc) is 3.22. The van der Waals surface area contributed by atoms with Crippen LogP contribution in [-0.2, 0) is 0 Å². The molecule has 0 radical (unpaired) electrons. The van der Waals surface area contributed by atoms with Gasteiger partial charge in [0.1, 0.15) is 0 Å². The number of hydrogen-bond donors (Lipinski definition) is 2. The molecule has 2 atom stereocenters. The van der Waals surface area contributed by atoms with Crippen molar-refractivity contribution in [2.75, 3.05) is 13.2 Å². The Hall–Kier alpha value is -2.70. The minimum atomic E-state index is -0.0381. The maximum Gasteiger partial charge on any atom is 0.170 e. The van der Waals surface area contributed by atoms with Crippen LogP contribution in [0.2, 0.25) is 0 Å². The molecule has 0 amide bonds. The molecule has 1 fully saturated rings. The highest BCUT2D eigenvalue weighted by atomic mass is 32.1. The summed E-state index contributed by atoms with van der Waals surface area (Å²) in [5.41, 5.74) is 6.99. The van der Waals surface area contributed by atoms with E-state index in [1.165, 1.54) is 28.2 Å². The molecule has 0 aliphatic carbocycles. The van der Waals surface area contributed by atoms with Crippen LogP contribution >= 0.6 is 12.2 Å². The Bertz CT molecular complexity index is 1050. The van der Waals surface area contributed by atoms with E-state index in [4.69, 9.17) is 12.2 Å². The van der Waals surface area contributed by atoms with Crippen molar-refractivity contribution >= 4 is 17.3 Å². The Morgan fingerprint density at radius 3 is 2.63 bits per heavy atom. The van der Waals surface area contributed by atoms with Gasteiger partial charge < -0.3 is 19.9 Å². The van der Waals surface area contributed by atoms with E-state index in [2.05, 4.69) is 70.9 Å². The predicted molar refractivity (Wildman–Crippen MR) is 124 cm³/mol. The van der Waals surface area contributed by atoms with E-state index in [0.29, 0.717) is 18.1 Å². The third-order valence-corrected chi connectivity index (χ3v) is 6.16. The Balaban J connectivity index is 1.82. The van der Waals surface area contributed by atoms with Crippen molar-refractivity contribution in [1.29, 1.82) is 0 Å². The number of aliphatic hydroxyl groups is 1. The van der Waals surface area contributed by atoms with Gasteiger partial charge in [0.2, 0.25) is 0 Å². The summed E-state index contributed by atoms with van der Waals surface area (Å²) in [5, 5.41) is 13.6. The van der Waals surface area contributed by atoms with Gasteiger partial charge in [-0.15, -0.1) is 0 Å². The number of hydrogen-bond acceptors (Lipinski definition) is 3. The maximum atomic E-state index is 9.42. The lowest BCUT2D eigenvalue weighted by Crippen LogP contribution is -2.31. The zero-order valence-corrected chi connectivity index (χ0v) is 18.5. The van der Waals surface area contributed by atoms with Gasteiger partial charge in [-0.3, -0.25) is 4.98 Å². The standard InChI is InChI=1S/C24H28N4OS/c1-16-8-6-9-19(14-16)28-17(2)15-20(18(28)3)23-22(21-10-4-5-11-25-21)26-24(30)27(23)12-7-13-29/h4-6,8-11,14-15,22-23,29H,7,12-13H2,1-3H3,(H,26,30)/t22-,23-/m0/s1. The zero-order chi connectivity index (χ0) is 21.3. The van der Waals surface area contributed by atoms with Crippen LogP contribution in [0.4, 0.5) is 0 Å². The Labute approximate surface area is 183 Å². The van der Waals surface area contributed by atoms with Crippen molar-refractivity contribution < 1.29 is 5.11 Å². The van der Waals surface area contributed by atoms with E-state index >= 15 is 0 Å². The number of aryl methyl sites for hydroxylation is 2. The molecule has 1 aliphatic heterocycles. The molecular weight excluding hydrogens is 392 g/mol. The first-order valence-electron chi connectivity index (χ1n) is 10.4. The van der Waals surface area contributed by atoms with Crippen LogP contribution in [0.25, 0.3) is 5.69 Å². The summed E-state index contributed by atoms with van der Waals surface area (Å²) in [5.74, 6) is 0. The van der Waals surface area contributed by atoms with Crippen molar-refractivity contribution in [3.8, 4) is 5.69 Å². The minimum Gasteiger partial charge on any atom is -0.396 e. The van der Waals surface area contributed by atoms with Crippen LogP contribution in [0.1, 0.15) is 46.7 Å². The molecule has 156 valence electrons. The van der Waals surface area contributed by atoms with Crippen molar-refractivity contribution in [2.24, 2.45) is 0 Å². The van der Waals surface area contributed by atoms with E-state index in [0.717, 1.165) is 5.69 Å². The topological polar surface area (TPSA) is 53.3 Å². The summed E-state index contributed by atoms with van der Waals surface area (Å²) < 4.78 is 2.31. The first-order chi connectivity index (χ1) is 14.5. The Morgan fingerprint density at radius 1 is 1.10 bits per heavy atom. The van der Waals surface area contributed by atoms with E-state index in [-0.39, 0.29) is 18.7 Å². The molecular formula is C24H28N4OS. The lowest BCUT2D eigenvalue weighted by atomic mass is 9.96. The summed E-state index contributed by atoms with van der Waals surface area (Å²) in [4.78, 5) is 6.81. The summed E-state index contributed by atoms with van der Waals surface area (Å²) in [7, 11) is 0. The molecule has 2 N–H and O–H groups in total. The number of nitrogens with one attached hydrogen (secondary N) is 1. The molecule has 5 nitrogen and oxygen atoms in total. The summed E-state index contributed by atoms with van der Waals surface area (Å²) in [6.45, 7) is 7.28. The minimum absolute atomic E-state index is 0.0173. The summed E-state index contributed by atoms with van der Waals surface area (Å²) >= 11 is 5.70. The Kier molecular flexibility index (Phi) is 5.88. The van der Waals surface area contributed by atoms with Gasteiger partial charge >= 0.3 is 0 Å². The number of aromatic nitrogens is 2. The highest BCUT2D eigenvalue weighted by Crippen LogP contribution is 2.41. The molecule has 3 aromatic rings. The van der Waals surface area contributed by atoms with E-state index in [1.54, 1.807) is 0 Å². The second-order valence-electron chi connectivity index (χ2n) is 7.90. The molecule has 1 saturated heterocycles. The molecule has 1 aliphatic rings. The van der Waals surface area contributed by atoms with Crippen LogP contribution in [0.15, 0.2) is 54.7 Å². The van der Waals surface area contributed by atoms with Gasteiger partial charge in [0.25, 0.3) is 0 Å². The van der Waals surface area contributed by atoms with E-state index in [1.807, 2.05) is 24.4 Å². The van der Waals surface area contributed by atoms with E-state index in [9.17, 15) is 5.11 Å². The highest BCUT2D eigenvalue weighted by molar-refractivity contribution is 7.80. The molecule has 4 rings (SSSR count). The van der Waals surface area contributed by atoms with E-state index < -0.39 is 0 Å². The number of rotatable bonds is 6. The molecule has 3 heterocycles. The van der Waals surface area contributed by atoms with Crippen molar-refractivity contribution in [1.82, 2.24) is 19.8 Å². The number of nitrogens with zero attached hydrogens (tertiary/aromatic N) is 3. The van der Waals surface area contributed by atoms with Crippen LogP contribution in [0.5, 0.6) is 0 Å². The fourth-order valence-corrected chi connectivity index (χ4v) is 4.81. The maximum absolute atomic E-state index is 9.42. The second-order valence-corrected chi connectivity index (χ2v) is 8.28. The third kappa shape index (κ3) is 3.73. The van der Waals surface area contributed by atoms with Gasteiger partial charge in [-0.2, -0.15) is 0 Å². The zero-order valence-electron chi connectivity index (χ0n) is 17.7. The average molecular weight is 421 g/mol. The largest absolute Gasteiger partial charge is 0.396 e. The van der Waals surface area contributed by atoms with Gasteiger partial charge in [0.15, 0.2) is 5.11 Å². The van der Waals surface area contributed by atoms with Crippen LogP contribution < -0.4 is 5.32 Å². The fraction of sp³-hybridized carbons (Fsp3) is 0.333. The van der Waals surface area contributed by atoms with Gasteiger partial charge in [-0.05, 0) is 80.9 Å². The normalized spacial score (nSPS) is 18.7. The van der Waals surface area contributed by atoms with Crippen molar-refractivity contribution in [3.63, 3.8) is 0 Å². The van der Waals surface area contributed by atoms with Gasteiger partial charge in [-0.25, -0.2) is 0 Å². The lowest BCUT2D eigenvalue weighted by molar-refractivity contribution is 0.247. The van der Waals surface area contributed by atoms with Crippen LogP contribution in [-0.4, -0.2) is 37.8 Å². The van der Waals surface area contributed by atoms with Gasteiger partial charge in [0.05, 0.1) is 17.8 Å². The quantitative estimate of drug-likeness (QED) is 0.587. The Morgan fingerprint density at radius 2 is 1.93 bits per heavy atom. The first-order valence-corrected chi connectivity index (χ1v) is 10.8. The highest BCUT2D eigenvalue weighted by Gasteiger charge is 2.41. The second kappa shape index (κ2) is 8.58. The van der Waals surface area contributed by atoms with Crippen LogP contribution in [0, 0.1) is 20.8 Å². The smallest absolute Gasteiger partial charge is 0.170 e. The number of benzene rings is 1. The predicted octanol–water partition coefficient (Wildman–Crippen LogP) is 4.15. The molecule has 0 saturated carbocycles. The monoisotopic (exact) mass is 420 g/mol. The molecule has 0 spiro atoms. The number of thiocarbonyl (C=S) groups is 1. The summed E-state index contributed by atoms with van der Waals surface area (Å²) in [6, 6.07) is 16.8. The van der Waals surface area contributed by atoms with Crippen LogP contribution in [0.3, 0.4) is 0 Å². The lowest BCUT2D eigenvalue weighted by Gasteiger charge is -2.28. The SMILES string of the molecule is Cc1cccc(-n2c(C)cc([C@H]3[C@H](c4ccccn4)NC(=S)N3CCCO)c2C)c1. The molecule has 0 bridgehead atoms. The van der Waals surface area contributed by atoms with Crippen molar-refractivity contribution in [2.45, 2.75) is 39.3 Å². The molecule has 2 aromatic heterocycles. The molecule has 1 aromatic carbocycles. The third-order valence-electron chi connectivity index (χ3n) is 5.80. The first kappa shape index (κ1) is 20.6. The number of pyridine rings is 1. The summed E-state index contributed by atoms with van der Waals surface area (Å²) in [6.07, 6.45) is 2.49. The molecule has 6 heteroatoms. The van der Waals surface area contributed by atoms with Crippen molar-refractivity contribution in [3.05, 3.63) is 82.9 Å². The number of aliphatic hydroxyl groups excluding tert-OH is 1. The van der Waals surface area contributed by atoms with Gasteiger partial charge in [0, 0.05) is 36.4 Å². The fourth-order valence-electron chi connectivity index (χ4n) is 4.48. The molecule has 0 unspecified atom stereocenters.